The number of halogens is 2. The van der Waals surface area contributed by atoms with E-state index in [1.54, 1.807) is 11.9 Å². The van der Waals surface area contributed by atoms with E-state index in [0.29, 0.717) is 11.6 Å². The van der Waals surface area contributed by atoms with Crippen molar-refractivity contribution in [2.75, 3.05) is 18.9 Å². The van der Waals surface area contributed by atoms with Crippen LogP contribution in [0.5, 0.6) is 0 Å². The first-order valence-corrected chi connectivity index (χ1v) is 8.39. The maximum atomic E-state index is 13.2. The van der Waals surface area contributed by atoms with Crippen molar-refractivity contribution in [3.63, 3.8) is 0 Å². The van der Waals surface area contributed by atoms with Gasteiger partial charge in [-0.05, 0) is 25.0 Å². The molecule has 1 aliphatic rings. The van der Waals surface area contributed by atoms with E-state index in [1.165, 1.54) is 6.07 Å². The summed E-state index contributed by atoms with van der Waals surface area (Å²) in [5, 5.41) is 13.5. The summed E-state index contributed by atoms with van der Waals surface area (Å²) >= 11 is 1.07. The molecule has 0 bridgehead atoms. The maximum Gasteiger partial charge on any atom is 0.317 e. The Morgan fingerprint density at radius 3 is 2.80 bits per heavy atom. The number of amides is 3. The second-order valence-electron chi connectivity index (χ2n) is 5.44. The Balaban J connectivity index is 1.73. The van der Waals surface area contributed by atoms with Gasteiger partial charge in [-0.15, -0.1) is 10.2 Å². The van der Waals surface area contributed by atoms with Crippen LogP contribution in [0.3, 0.4) is 0 Å². The Labute approximate surface area is 146 Å². The first-order valence-electron chi connectivity index (χ1n) is 7.57. The van der Waals surface area contributed by atoms with Crippen molar-refractivity contribution in [2.45, 2.75) is 18.9 Å². The molecule has 3 rings (SSSR count). The highest BCUT2D eigenvalue weighted by atomic mass is 32.1. The summed E-state index contributed by atoms with van der Waals surface area (Å²) in [4.78, 5) is 25.7. The van der Waals surface area contributed by atoms with Crippen molar-refractivity contribution in [3.8, 4) is 0 Å². The van der Waals surface area contributed by atoms with Crippen molar-refractivity contribution in [1.29, 1.82) is 0 Å². The normalized spacial score (nSPS) is 16.8. The van der Waals surface area contributed by atoms with Gasteiger partial charge in [0.15, 0.2) is 11.6 Å². The number of rotatable bonds is 3. The number of likely N-dealkylation sites (tertiary alicyclic amines) is 1. The second kappa shape index (κ2) is 7.09. The molecule has 0 saturated carbocycles. The minimum atomic E-state index is -1.05. The first kappa shape index (κ1) is 17.2. The molecule has 3 amide bonds. The number of urea groups is 1. The molecular formula is C15H15F2N5O2S. The fraction of sp³-hybridized carbons (Fsp3) is 0.333. The molecule has 1 aliphatic heterocycles. The van der Waals surface area contributed by atoms with E-state index in [4.69, 9.17) is 0 Å². The van der Waals surface area contributed by atoms with Crippen LogP contribution in [0.25, 0.3) is 0 Å². The molecule has 2 heterocycles. The Bertz CT molecular complexity index is 813. The predicted molar refractivity (Wildman–Crippen MR) is 87.4 cm³/mol. The zero-order valence-corrected chi connectivity index (χ0v) is 14.1. The third-order valence-electron chi connectivity index (χ3n) is 3.82. The third kappa shape index (κ3) is 3.58. The Morgan fingerprint density at radius 2 is 2.08 bits per heavy atom. The zero-order valence-electron chi connectivity index (χ0n) is 13.3. The van der Waals surface area contributed by atoms with Gasteiger partial charge in [0.2, 0.25) is 5.01 Å². The van der Waals surface area contributed by atoms with Gasteiger partial charge < -0.3 is 15.5 Å². The zero-order chi connectivity index (χ0) is 18.0. The summed E-state index contributed by atoms with van der Waals surface area (Å²) in [5.41, 5.74) is 0.119. The lowest BCUT2D eigenvalue weighted by Gasteiger charge is -2.21. The molecule has 2 N–H and O–H groups in total. The van der Waals surface area contributed by atoms with Gasteiger partial charge in [0.25, 0.3) is 5.91 Å². The maximum absolute atomic E-state index is 13.2. The number of carbonyl (C=O) groups excluding carboxylic acids is 2. The van der Waals surface area contributed by atoms with Crippen LogP contribution in [-0.4, -0.2) is 40.6 Å². The molecule has 0 radical (unpaired) electrons. The van der Waals surface area contributed by atoms with E-state index in [2.05, 4.69) is 20.8 Å². The fourth-order valence-electron chi connectivity index (χ4n) is 2.63. The molecule has 1 saturated heterocycles. The average Bonchev–Trinajstić information content (AvgIpc) is 3.26. The van der Waals surface area contributed by atoms with Crippen molar-refractivity contribution >= 4 is 29.0 Å². The molecule has 1 atom stereocenters. The summed E-state index contributed by atoms with van der Waals surface area (Å²) in [5.74, 6) is -2.62. The van der Waals surface area contributed by atoms with Gasteiger partial charge in [-0.2, -0.15) is 0 Å². The predicted octanol–water partition coefficient (Wildman–Crippen LogP) is 2.54. The van der Waals surface area contributed by atoms with Crippen LogP contribution in [0, 0.1) is 11.6 Å². The van der Waals surface area contributed by atoms with Gasteiger partial charge in [0, 0.05) is 25.3 Å². The SMILES string of the molecule is CNC(=O)N1CCC[C@@H]1c1nnc(C(=O)Nc2ccc(F)c(F)c2)s1. The summed E-state index contributed by atoms with van der Waals surface area (Å²) in [7, 11) is 1.55. The number of hydrogen-bond donors (Lipinski definition) is 2. The molecule has 2 aromatic rings. The molecule has 0 unspecified atom stereocenters. The molecule has 1 aromatic heterocycles. The van der Waals surface area contributed by atoms with Crippen LogP contribution >= 0.6 is 11.3 Å². The molecule has 1 fully saturated rings. The van der Waals surface area contributed by atoms with Crippen LogP contribution < -0.4 is 10.6 Å². The number of benzene rings is 1. The third-order valence-corrected chi connectivity index (χ3v) is 4.85. The number of hydrogen-bond acceptors (Lipinski definition) is 5. The van der Waals surface area contributed by atoms with E-state index in [0.717, 1.165) is 36.3 Å². The lowest BCUT2D eigenvalue weighted by atomic mass is 10.2. The van der Waals surface area contributed by atoms with Crippen molar-refractivity contribution in [1.82, 2.24) is 20.4 Å². The summed E-state index contributed by atoms with van der Waals surface area (Å²) in [6.07, 6.45) is 1.58. The fourth-order valence-corrected chi connectivity index (χ4v) is 3.52. The topological polar surface area (TPSA) is 87.2 Å². The molecule has 0 aliphatic carbocycles. The van der Waals surface area contributed by atoms with E-state index in [-0.39, 0.29) is 22.8 Å². The van der Waals surface area contributed by atoms with Crippen LogP contribution in [-0.2, 0) is 0 Å². The number of nitrogens with one attached hydrogen (secondary N) is 2. The largest absolute Gasteiger partial charge is 0.341 e. The van der Waals surface area contributed by atoms with Crippen molar-refractivity contribution < 1.29 is 18.4 Å². The van der Waals surface area contributed by atoms with Gasteiger partial charge in [-0.25, -0.2) is 13.6 Å². The molecule has 1 aromatic carbocycles. The lowest BCUT2D eigenvalue weighted by molar-refractivity contribution is 0.102. The smallest absolute Gasteiger partial charge is 0.317 e. The second-order valence-corrected chi connectivity index (χ2v) is 6.44. The van der Waals surface area contributed by atoms with Crippen LogP contribution in [0.2, 0.25) is 0 Å². The Kier molecular flexibility index (Phi) is 4.88. The van der Waals surface area contributed by atoms with E-state index in [9.17, 15) is 18.4 Å². The number of anilines is 1. The Morgan fingerprint density at radius 1 is 1.28 bits per heavy atom. The van der Waals surface area contributed by atoms with Crippen molar-refractivity contribution in [3.05, 3.63) is 39.8 Å². The minimum absolute atomic E-state index is 0.0866. The van der Waals surface area contributed by atoms with Gasteiger partial charge in [0.1, 0.15) is 5.01 Å². The van der Waals surface area contributed by atoms with Gasteiger partial charge in [-0.3, -0.25) is 4.79 Å². The van der Waals surface area contributed by atoms with Gasteiger partial charge >= 0.3 is 6.03 Å². The average molecular weight is 367 g/mol. The molecule has 132 valence electrons. The van der Waals surface area contributed by atoms with Crippen LogP contribution in [0.1, 0.15) is 33.7 Å². The molecule has 25 heavy (non-hydrogen) atoms. The van der Waals surface area contributed by atoms with Crippen LogP contribution in [0.15, 0.2) is 18.2 Å². The highest BCUT2D eigenvalue weighted by Gasteiger charge is 2.32. The minimum Gasteiger partial charge on any atom is -0.341 e. The summed E-state index contributed by atoms with van der Waals surface area (Å²) < 4.78 is 26.1. The number of nitrogens with zero attached hydrogens (tertiary/aromatic N) is 3. The first-order chi connectivity index (χ1) is 12.0. The molecule has 10 heteroatoms. The lowest BCUT2D eigenvalue weighted by Crippen LogP contribution is -2.37. The molecule has 0 spiro atoms. The Hall–Kier alpha value is -2.62. The molecular weight excluding hydrogens is 352 g/mol. The highest BCUT2D eigenvalue weighted by molar-refractivity contribution is 7.13. The van der Waals surface area contributed by atoms with E-state index < -0.39 is 17.5 Å². The standard InChI is InChI=1S/C15H15F2N5O2S/c1-18-15(24)22-6-2-3-11(22)13-20-21-14(25-13)12(23)19-8-4-5-9(16)10(17)7-8/h4-5,7,11H,2-3,6H2,1H3,(H,18,24)(H,19,23)/t11-/m1/s1. The number of aromatic nitrogens is 2. The van der Waals surface area contributed by atoms with Gasteiger partial charge in [0.05, 0.1) is 6.04 Å². The monoisotopic (exact) mass is 367 g/mol. The number of carbonyl (C=O) groups is 2. The quantitative estimate of drug-likeness (QED) is 0.873. The van der Waals surface area contributed by atoms with Gasteiger partial charge in [-0.1, -0.05) is 11.3 Å². The van der Waals surface area contributed by atoms with E-state index in [1.807, 2.05) is 0 Å². The summed E-state index contributed by atoms with van der Waals surface area (Å²) in [6.45, 7) is 0.611. The van der Waals surface area contributed by atoms with Crippen LogP contribution in [0.4, 0.5) is 19.3 Å². The van der Waals surface area contributed by atoms with Crippen molar-refractivity contribution in [2.24, 2.45) is 0 Å². The van der Waals surface area contributed by atoms with E-state index >= 15 is 0 Å². The summed E-state index contributed by atoms with van der Waals surface area (Å²) in [6, 6.07) is 2.64. The molecule has 7 nitrogen and oxygen atoms in total. The highest BCUT2D eigenvalue weighted by Crippen LogP contribution is 2.33.